The number of nitrogens with one attached hydrogen (secondary N) is 1. The Hall–Kier alpha value is -3.10. The van der Waals surface area contributed by atoms with E-state index >= 15 is 0 Å². The van der Waals surface area contributed by atoms with Crippen LogP contribution in [0.25, 0.3) is 5.78 Å². The van der Waals surface area contributed by atoms with E-state index in [2.05, 4.69) is 20.4 Å². The Morgan fingerprint density at radius 2 is 2.03 bits per heavy atom. The topological polar surface area (TPSA) is 81.4 Å². The predicted octanol–water partition coefficient (Wildman–Crippen LogP) is 4.26. The smallest absolute Gasteiger partial charge is 0.253 e. The quantitative estimate of drug-likeness (QED) is 0.465. The summed E-state index contributed by atoms with van der Waals surface area (Å²) in [5.41, 5.74) is 1.41. The third-order valence-electron chi connectivity index (χ3n) is 4.08. The first kappa shape index (κ1) is 19.2. The highest BCUT2D eigenvalue weighted by Gasteiger charge is 2.24. The van der Waals surface area contributed by atoms with Crippen LogP contribution in [0, 0.1) is 0 Å². The summed E-state index contributed by atoms with van der Waals surface area (Å²) in [7, 11) is 1.54. The number of rotatable bonds is 6. The van der Waals surface area contributed by atoms with Crippen LogP contribution in [-0.4, -0.2) is 32.6 Å². The standard InChI is InChI=1S/C20H16ClN5O2S/c1-28-16-9-8-14(12-15(16)21)23-18(27)17(13-6-3-2-4-7-13)29-20-24-19-22-10-5-11-26(19)25-20/h2-12,17H,1H3,(H,23,27). The minimum atomic E-state index is -0.561. The predicted molar refractivity (Wildman–Crippen MR) is 112 cm³/mol. The van der Waals surface area contributed by atoms with Gasteiger partial charge < -0.3 is 10.1 Å². The van der Waals surface area contributed by atoms with Crippen molar-refractivity contribution in [1.82, 2.24) is 19.6 Å². The van der Waals surface area contributed by atoms with Crippen LogP contribution >= 0.6 is 23.4 Å². The molecule has 0 aliphatic carbocycles. The number of hydrogen-bond donors (Lipinski definition) is 1. The zero-order valence-corrected chi connectivity index (χ0v) is 16.9. The molecule has 7 nitrogen and oxygen atoms in total. The molecule has 4 aromatic rings. The molecule has 2 aromatic carbocycles. The maximum Gasteiger partial charge on any atom is 0.253 e. The molecule has 2 heterocycles. The number of nitrogens with zero attached hydrogens (tertiary/aromatic N) is 4. The minimum absolute atomic E-state index is 0.214. The summed E-state index contributed by atoms with van der Waals surface area (Å²) in [4.78, 5) is 21.7. The van der Waals surface area contributed by atoms with Crippen molar-refractivity contribution < 1.29 is 9.53 Å². The molecule has 0 aliphatic rings. The average Bonchev–Trinajstić information content (AvgIpc) is 3.15. The van der Waals surface area contributed by atoms with E-state index in [1.807, 2.05) is 30.3 Å². The Kier molecular flexibility index (Phi) is 5.64. The second kappa shape index (κ2) is 8.50. The van der Waals surface area contributed by atoms with Crippen molar-refractivity contribution in [2.24, 2.45) is 0 Å². The SMILES string of the molecule is COc1ccc(NC(=O)C(Sc2nc3ncccn3n2)c2ccccc2)cc1Cl. The fourth-order valence-electron chi connectivity index (χ4n) is 2.72. The molecule has 0 saturated carbocycles. The van der Waals surface area contributed by atoms with Crippen LogP contribution < -0.4 is 10.1 Å². The number of carbonyl (C=O) groups excluding carboxylic acids is 1. The number of ether oxygens (including phenoxy) is 1. The summed E-state index contributed by atoms with van der Waals surface area (Å²) in [6.07, 6.45) is 3.41. The van der Waals surface area contributed by atoms with E-state index in [4.69, 9.17) is 16.3 Å². The molecule has 0 fully saturated rings. The largest absolute Gasteiger partial charge is 0.495 e. The van der Waals surface area contributed by atoms with Gasteiger partial charge in [0.1, 0.15) is 11.0 Å². The molecule has 0 aliphatic heterocycles. The van der Waals surface area contributed by atoms with E-state index in [0.717, 1.165) is 5.56 Å². The Labute approximate surface area is 176 Å². The molecule has 1 unspecified atom stereocenters. The van der Waals surface area contributed by atoms with Gasteiger partial charge in [0.05, 0.1) is 12.1 Å². The van der Waals surface area contributed by atoms with E-state index in [9.17, 15) is 4.79 Å². The summed E-state index contributed by atoms with van der Waals surface area (Å²) < 4.78 is 6.73. The van der Waals surface area contributed by atoms with Gasteiger partial charge in [0.25, 0.3) is 5.78 Å². The molecule has 1 N–H and O–H groups in total. The van der Waals surface area contributed by atoms with Gasteiger partial charge in [-0.2, -0.15) is 4.98 Å². The first-order valence-electron chi connectivity index (χ1n) is 8.67. The molecule has 1 atom stereocenters. The third-order valence-corrected chi connectivity index (χ3v) is 5.48. The van der Waals surface area contributed by atoms with E-state index in [0.29, 0.717) is 27.4 Å². The van der Waals surface area contributed by atoms with Crippen molar-refractivity contribution in [3.05, 3.63) is 77.6 Å². The van der Waals surface area contributed by atoms with Crippen LogP contribution in [0.3, 0.4) is 0 Å². The number of amides is 1. The summed E-state index contributed by atoms with van der Waals surface area (Å²) in [5, 5.41) is 7.62. The van der Waals surface area contributed by atoms with Gasteiger partial charge in [-0.15, -0.1) is 5.10 Å². The van der Waals surface area contributed by atoms with Crippen LogP contribution in [0.15, 0.2) is 72.1 Å². The highest BCUT2D eigenvalue weighted by molar-refractivity contribution is 8.00. The molecule has 29 heavy (non-hydrogen) atoms. The van der Waals surface area contributed by atoms with Gasteiger partial charge in [0.15, 0.2) is 0 Å². The van der Waals surface area contributed by atoms with Crippen molar-refractivity contribution in [3.63, 3.8) is 0 Å². The number of benzene rings is 2. The molecule has 0 radical (unpaired) electrons. The monoisotopic (exact) mass is 425 g/mol. The van der Waals surface area contributed by atoms with E-state index in [-0.39, 0.29) is 5.91 Å². The van der Waals surface area contributed by atoms with Crippen molar-refractivity contribution in [2.45, 2.75) is 10.4 Å². The number of methoxy groups -OCH3 is 1. The van der Waals surface area contributed by atoms with E-state index in [1.54, 1.807) is 41.2 Å². The maximum absolute atomic E-state index is 13.1. The number of halogens is 1. The average molecular weight is 426 g/mol. The minimum Gasteiger partial charge on any atom is -0.495 e. The number of fused-ring (bicyclic) bond motifs is 1. The normalized spacial score (nSPS) is 11.9. The molecule has 0 spiro atoms. The fourth-order valence-corrected chi connectivity index (χ4v) is 3.92. The van der Waals surface area contributed by atoms with E-state index < -0.39 is 5.25 Å². The molecule has 4 rings (SSSR count). The van der Waals surface area contributed by atoms with Gasteiger partial charge in [-0.05, 0) is 29.8 Å². The lowest BCUT2D eigenvalue weighted by Crippen LogP contribution is -2.19. The van der Waals surface area contributed by atoms with Crippen molar-refractivity contribution in [3.8, 4) is 5.75 Å². The zero-order chi connectivity index (χ0) is 20.2. The number of carbonyl (C=O) groups is 1. The first-order chi connectivity index (χ1) is 14.1. The molecule has 1 amide bonds. The zero-order valence-electron chi connectivity index (χ0n) is 15.3. The Bertz CT molecular complexity index is 1120. The third kappa shape index (κ3) is 4.33. The van der Waals surface area contributed by atoms with E-state index in [1.165, 1.54) is 18.9 Å². The van der Waals surface area contributed by atoms with Crippen molar-refractivity contribution in [2.75, 3.05) is 12.4 Å². The van der Waals surface area contributed by atoms with Gasteiger partial charge in [0.2, 0.25) is 11.1 Å². The lowest BCUT2D eigenvalue weighted by Gasteiger charge is -2.16. The second-order valence-electron chi connectivity index (χ2n) is 6.01. The Morgan fingerprint density at radius 1 is 1.21 bits per heavy atom. The summed E-state index contributed by atoms with van der Waals surface area (Å²) in [6, 6.07) is 16.3. The number of anilines is 1. The number of hydrogen-bond acceptors (Lipinski definition) is 6. The van der Waals surface area contributed by atoms with Gasteiger partial charge in [-0.1, -0.05) is 53.7 Å². The van der Waals surface area contributed by atoms with Crippen LogP contribution in [0.4, 0.5) is 5.69 Å². The van der Waals surface area contributed by atoms with Gasteiger partial charge in [-0.3, -0.25) is 4.79 Å². The summed E-state index contributed by atoms with van der Waals surface area (Å²) in [5.74, 6) is 0.804. The lowest BCUT2D eigenvalue weighted by molar-refractivity contribution is -0.115. The molecule has 0 bridgehead atoms. The lowest BCUT2D eigenvalue weighted by atomic mass is 10.1. The van der Waals surface area contributed by atoms with Crippen LogP contribution in [0.1, 0.15) is 10.8 Å². The highest BCUT2D eigenvalue weighted by Crippen LogP contribution is 2.35. The molecule has 0 saturated heterocycles. The first-order valence-corrected chi connectivity index (χ1v) is 9.93. The van der Waals surface area contributed by atoms with Crippen molar-refractivity contribution in [1.29, 1.82) is 0 Å². The number of thioether (sulfide) groups is 1. The number of aromatic nitrogens is 4. The molecule has 9 heteroatoms. The molecule has 146 valence electrons. The maximum atomic E-state index is 13.1. The van der Waals surface area contributed by atoms with Gasteiger partial charge >= 0.3 is 0 Å². The molecule has 2 aromatic heterocycles. The van der Waals surface area contributed by atoms with Crippen LogP contribution in [0.2, 0.25) is 5.02 Å². The van der Waals surface area contributed by atoms with Crippen LogP contribution in [-0.2, 0) is 4.79 Å². The second-order valence-corrected chi connectivity index (χ2v) is 7.49. The van der Waals surface area contributed by atoms with Crippen LogP contribution in [0.5, 0.6) is 5.75 Å². The highest BCUT2D eigenvalue weighted by atomic mass is 35.5. The van der Waals surface area contributed by atoms with Gasteiger partial charge in [-0.25, -0.2) is 9.50 Å². The van der Waals surface area contributed by atoms with Gasteiger partial charge in [0, 0.05) is 18.1 Å². The summed E-state index contributed by atoms with van der Waals surface area (Å²) >= 11 is 7.43. The van der Waals surface area contributed by atoms with Crippen molar-refractivity contribution >= 4 is 40.7 Å². The summed E-state index contributed by atoms with van der Waals surface area (Å²) in [6.45, 7) is 0. The Morgan fingerprint density at radius 3 is 2.76 bits per heavy atom. The Balaban J connectivity index is 1.61. The molecular weight excluding hydrogens is 410 g/mol. The molecular formula is C20H16ClN5O2S. The fraction of sp³-hybridized carbons (Fsp3) is 0.100.